The van der Waals surface area contributed by atoms with E-state index in [4.69, 9.17) is 10.1 Å². The normalized spacial score (nSPS) is 10.8. The van der Waals surface area contributed by atoms with Crippen LogP contribution in [0.3, 0.4) is 0 Å². The number of ether oxygens (including phenoxy) is 1. The zero-order valence-corrected chi connectivity index (χ0v) is 15.6. The van der Waals surface area contributed by atoms with Crippen molar-refractivity contribution in [1.29, 1.82) is 5.41 Å². The molecule has 1 amide bonds. The first-order chi connectivity index (χ1) is 13.6. The van der Waals surface area contributed by atoms with E-state index in [0.29, 0.717) is 24.3 Å². The minimum Gasteiger partial charge on any atom is -0.449 e. The Morgan fingerprint density at radius 2 is 2.04 bits per heavy atom. The largest absolute Gasteiger partial charge is 0.449 e. The van der Waals surface area contributed by atoms with Crippen molar-refractivity contribution in [3.63, 3.8) is 0 Å². The number of nitrogens with zero attached hydrogens (tertiary/aromatic N) is 1. The number of amides is 1. The summed E-state index contributed by atoms with van der Waals surface area (Å²) in [5.41, 5.74) is 4.03. The maximum absolute atomic E-state index is 12.0. The molecule has 0 aliphatic carbocycles. The molecule has 1 aromatic heterocycles. The lowest BCUT2D eigenvalue weighted by Crippen LogP contribution is -2.15. The molecule has 0 aliphatic rings. The third kappa shape index (κ3) is 5.41. The molecular formula is C22H24N4O2. The number of H-pyrrole nitrogens is 1. The van der Waals surface area contributed by atoms with Gasteiger partial charge in [-0.3, -0.25) is 10.7 Å². The molecule has 28 heavy (non-hydrogen) atoms. The molecule has 0 bridgehead atoms. The van der Waals surface area contributed by atoms with Crippen molar-refractivity contribution < 1.29 is 11.0 Å². The summed E-state index contributed by atoms with van der Waals surface area (Å²) in [6.45, 7) is 2.20. The quantitative estimate of drug-likeness (QED) is 0.426. The standard InChI is InChI=1S/C22H22N4O2.H2/c1-16-9-10-18(14-20(16)21(23)25-15-19-8-5-12-24-19)26-22(27)28-13-11-17-6-3-2-4-7-17;/h2-10,12,14-15,23-24H,11,13H2,1H3,(H,26,27);1H. The molecule has 0 unspecified atom stereocenters. The fraction of sp³-hybridized carbons (Fsp3) is 0.136. The molecule has 0 spiro atoms. The predicted octanol–water partition coefficient (Wildman–Crippen LogP) is 4.80. The summed E-state index contributed by atoms with van der Waals surface area (Å²) in [4.78, 5) is 19.2. The molecular weight excluding hydrogens is 352 g/mol. The molecule has 3 rings (SSSR count). The van der Waals surface area contributed by atoms with Gasteiger partial charge in [-0.05, 0) is 42.3 Å². The topological polar surface area (TPSA) is 90.3 Å². The van der Waals surface area contributed by atoms with Crippen LogP contribution in [0.15, 0.2) is 71.9 Å². The molecule has 0 atom stereocenters. The highest BCUT2D eigenvalue weighted by Gasteiger charge is 2.08. The van der Waals surface area contributed by atoms with Crippen LogP contribution in [0, 0.1) is 12.3 Å². The van der Waals surface area contributed by atoms with Crippen LogP contribution in [0.1, 0.15) is 23.8 Å². The van der Waals surface area contributed by atoms with Crippen molar-refractivity contribution in [2.24, 2.45) is 4.99 Å². The summed E-state index contributed by atoms with van der Waals surface area (Å²) < 4.78 is 5.24. The second-order valence-electron chi connectivity index (χ2n) is 6.26. The molecule has 6 nitrogen and oxygen atoms in total. The number of carbonyl (C=O) groups is 1. The monoisotopic (exact) mass is 376 g/mol. The van der Waals surface area contributed by atoms with Crippen LogP contribution in [-0.4, -0.2) is 29.7 Å². The van der Waals surface area contributed by atoms with Crippen molar-refractivity contribution in [3.8, 4) is 0 Å². The summed E-state index contributed by atoms with van der Waals surface area (Å²) >= 11 is 0. The number of nitrogens with one attached hydrogen (secondary N) is 3. The molecule has 6 heteroatoms. The van der Waals surface area contributed by atoms with E-state index in [1.165, 1.54) is 0 Å². The third-order valence-electron chi connectivity index (χ3n) is 4.16. The molecule has 144 valence electrons. The highest BCUT2D eigenvalue weighted by atomic mass is 16.5. The van der Waals surface area contributed by atoms with E-state index >= 15 is 0 Å². The lowest BCUT2D eigenvalue weighted by molar-refractivity contribution is 0.163. The van der Waals surface area contributed by atoms with Crippen LogP contribution in [-0.2, 0) is 11.2 Å². The zero-order chi connectivity index (χ0) is 19.8. The highest BCUT2D eigenvalue weighted by molar-refractivity contribution is 6.04. The van der Waals surface area contributed by atoms with Gasteiger partial charge in [-0.25, -0.2) is 9.79 Å². The number of benzene rings is 2. The zero-order valence-electron chi connectivity index (χ0n) is 15.6. The fourth-order valence-electron chi connectivity index (χ4n) is 2.64. The number of aryl methyl sites for hydroxylation is 1. The van der Waals surface area contributed by atoms with Crippen LogP contribution < -0.4 is 5.32 Å². The molecule has 0 saturated heterocycles. The number of aromatic amines is 1. The average Bonchev–Trinajstić information content (AvgIpc) is 3.22. The van der Waals surface area contributed by atoms with E-state index in [1.54, 1.807) is 24.5 Å². The van der Waals surface area contributed by atoms with Gasteiger partial charge in [0.25, 0.3) is 0 Å². The number of amidine groups is 1. The number of carbonyl (C=O) groups excluding carboxylic acids is 1. The Labute approximate surface area is 165 Å². The Bertz CT molecular complexity index is 970. The van der Waals surface area contributed by atoms with E-state index in [2.05, 4.69) is 15.3 Å². The summed E-state index contributed by atoms with van der Waals surface area (Å²) in [5.74, 6) is 0.119. The summed E-state index contributed by atoms with van der Waals surface area (Å²) in [6, 6.07) is 18.9. The van der Waals surface area contributed by atoms with Crippen molar-refractivity contribution in [2.45, 2.75) is 13.3 Å². The van der Waals surface area contributed by atoms with Crippen LogP contribution in [0.4, 0.5) is 10.5 Å². The SMILES string of the molecule is Cc1ccc(NC(=O)OCCc2ccccc2)cc1C(=N)N=Cc1ccc[nH]1.[HH]. The summed E-state index contributed by atoms with van der Waals surface area (Å²) in [5, 5.41) is 10.9. The maximum atomic E-state index is 12.0. The second-order valence-corrected chi connectivity index (χ2v) is 6.26. The molecule has 2 aromatic carbocycles. The first kappa shape index (κ1) is 19.1. The van der Waals surface area contributed by atoms with Gasteiger partial charge in [0.15, 0.2) is 5.84 Å². The van der Waals surface area contributed by atoms with Gasteiger partial charge in [0, 0.05) is 25.3 Å². The van der Waals surface area contributed by atoms with E-state index in [0.717, 1.165) is 16.8 Å². The average molecular weight is 376 g/mol. The van der Waals surface area contributed by atoms with Gasteiger partial charge < -0.3 is 9.72 Å². The minimum atomic E-state index is -0.521. The van der Waals surface area contributed by atoms with Crippen LogP contribution in [0.2, 0.25) is 0 Å². The van der Waals surface area contributed by atoms with Crippen LogP contribution in [0.5, 0.6) is 0 Å². The van der Waals surface area contributed by atoms with Gasteiger partial charge in [0.2, 0.25) is 0 Å². The number of anilines is 1. The Morgan fingerprint density at radius 1 is 1.21 bits per heavy atom. The number of rotatable bonds is 6. The van der Waals surface area contributed by atoms with Gasteiger partial charge in [-0.15, -0.1) is 0 Å². The molecule has 0 saturated carbocycles. The van der Waals surface area contributed by atoms with E-state index in [1.807, 2.05) is 55.5 Å². The molecule has 3 aromatic rings. The predicted molar refractivity (Wildman–Crippen MR) is 114 cm³/mol. The highest BCUT2D eigenvalue weighted by Crippen LogP contribution is 2.17. The Kier molecular flexibility index (Phi) is 6.36. The number of hydrogen-bond donors (Lipinski definition) is 3. The van der Waals surface area contributed by atoms with E-state index in [-0.39, 0.29) is 7.26 Å². The second kappa shape index (κ2) is 9.32. The van der Waals surface area contributed by atoms with Gasteiger partial charge in [-0.1, -0.05) is 36.4 Å². The molecule has 0 aliphatic heterocycles. The first-order valence-corrected chi connectivity index (χ1v) is 8.96. The van der Waals surface area contributed by atoms with Crippen molar-refractivity contribution in [3.05, 3.63) is 89.2 Å². The van der Waals surface area contributed by atoms with E-state index in [9.17, 15) is 4.79 Å². The Morgan fingerprint density at radius 3 is 2.79 bits per heavy atom. The molecule has 1 heterocycles. The number of aromatic nitrogens is 1. The summed E-state index contributed by atoms with van der Waals surface area (Å²) in [7, 11) is 0. The van der Waals surface area contributed by atoms with Crippen LogP contribution >= 0.6 is 0 Å². The van der Waals surface area contributed by atoms with Crippen molar-refractivity contribution >= 4 is 23.8 Å². The molecule has 0 radical (unpaired) electrons. The fourth-order valence-corrected chi connectivity index (χ4v) is 2.64. The summed E-state index contributed by atoms with van der Waals surface area (Å²) in [6.07, 6.45) is 3.53. The number of aliphatic imine (C=N–C) groups is 1. The van der Waals surface area contributed by atoms with Crippen LogP contribution in [0.25, 0.3) is 0 Å². The molecule has 3 N–H and O–H groups in total. The Balaban J connectivity index is 0.00000300. The number of hydrogen-bond acceptors (Lipinski definition) is 3. The lowest BCUT2D eigenvalue weighted by atomic mass is 10.1. The smallest absolute Gasteiger partial charge is 0.411 e. The first-order valence-electron chi connectivity index (χ1n) is 8.96. The lowest BCUT2D eigenvalue weighted by Gasteiger charge is -2.10. The Hall–Kier alpha value is -3.67. The minimum absolute atomic E-state index is 0. The van der Waals surface area contributed by atoms with Gasteiger partial charge >= 0.3 is 6.09 Å². The van der Waals surface area contributed by atoms with Gasteiger partial charge in [0.05, 0.1) is 18.5 Å². The van der Waals surface area contributed by atoms with Gasteiger partial charge in [0.1, 0.15) is 0 Å². The van der Waals surface area contributed by atoms with Gasteiger partial charge in [-0.2, -0.15) is 0 Å². The maximum Gasteiger partial charge on any atom is 0.411 e. The van der Waals surface area contributed by atoms with Crippen molar-refractivity contribution in [2.75, 3.05) is 11.9 Å². The molecule has 0 fully saturated rings. The third-order valence-corrected chi connectivity index (χ3v) is 4.16. The van der Waals surface area contributed by atoms with E-state index < -0.39 is 6.09 Å². The van der Waals surface area contributed by atoms with Crippen molar-refractivity contribution in [1.82, 2.24) is 4.98 Å².